The lowest BCUT2D eigenvalue weighted by atomic mass is 10.1. The lowest BCUT2D eigenvalue weighted by Gasteiger charge is -2.25. The standard InChI is InChI=1S/C45H88N2O3/c1-5-7-9-11-13-15-17-19-21-23-25-27-29-31-33-35-39-49-41-37-47(43-44(3)45(48)46-4)38-42-50-40-36-34-32-30-28-26-24-22-20-18-16-14-12-10-8-6-2/h19-22,44H,5-18,23-43H2,1-4H3,(H,46,48)/b21-19-,22-20-. The monoisotopic (exact) mass is 705 g/mol. The molecule has 0 bridgehead atoms. The Morgan fingerprint density at radius 3 is 1.16 bits per heavy atom. The largest absolute Gasteiger partial charge is 0.380 e. The zero-order valence-electron chi connectivity index (χ0n) is 34.3. The summed E-state index contributed by atoms with van der Waals surface area (Å²) in [7, 11) is 1.72. The van der Waals surface area contributed by atoms with E-state index < -0.39 is 0 Å². The third-order valence-electron chi connectivity index (χ3n) is 9.93. The molecule has 296 valence electrons. The molecule has 0 saturated heterocycles. The van der Waals surface area contributed by atoms with E-state index in [4.69, 9.17) is 9.47 Å². The van der Waals surface area contributed by atoms with Crippen molar-refractivity contribution in [1.82, 2.24) is 10.2 Å². The molecule has 1 N–H and O–H groups in total. The van der Waals surface area contributed by atoms with Crippen molar-refractivity contribution in [2.24, 2.45) is 5.92 Å². The number of nitrogens with zero attached hydrogens (tertiary/aromatic N) is 1. The summed E-state index contributed by atoms with van der Waals surface area (Å²) in [5.41, 5.74) is 0. The summed E-state index contributed by atoms with van der Waals surface area (Å²) in [4.78, 5) is 14.5. The van der Waals surface area contributed by atoms with E-state index in [1.165, 1.54) is 167 Å². The summed E-state index contributed by atoms with van der Waals surface area (Å²) >= 11 is 0. The number of hydrogen-bond donors (Lipinski definition) is 1. The van der Waals surface area contributed by atoms with Gasteiger partial charge in [-0.15, -0.1) is 0 Å². The topological polar surface area (TPSA) is 50.8 Å². The number of rotatable bonds is 41. The first kappa shape index (κ1) is 48.8. The molecule has 0 rings (SSSR count). The van der Waals surface area contributed by atoms with Gasteiger partial charge in [0.15, 0.2) is 0 Å². The molecule has 1 amide bonds. The Labute approximate surface area is 313 Å². The highest BCUT2D eigenvalue weighted by atomic mass is 16.5. The van der Waals surface area contributed by atoms with Crippen molar-refractivity contribution in [2.45, 2.75) is 201 Å². The molecule has 0 aromatic rings. The Kier molecular flexibility index (Phi) is 41.3. The van der Waals surface area contributed by atoms with E-state index in [9.17, 15) is 4.79 Å². The number of carbonyl (C=O) groups is 1. The van der Waals surface area contributed by atoms with Crippen molar-refractivity contribution in [2.75, 3.05) is 53.1 Å². The van der Waals surface area contributed by atoms with E-state index in [2.05, 4.69) is 48.4 Å². The minimum atomic E-state index is -0.0355. The molecule has 5 nitrogen and oxygen atoms in total. The third-order valence-corrected chi connectivity index (χ3v) is 9.93. The normalized spacial score (nSPS) is 12.6. The minimum absolute atomic E-state index is 0.0355. The van der Waals surface area contributed by atoms with Gasteiger partial charge in [-0.05, 0) is 64.2 Å². The zero-order valence-corrected chi connectivity index (χ0v) is 34.3. The number of allylic oxidation sites excluding steroid dienone is 4. The molecular formula is C45H88N2O3. The fourth-order valence-corrected chi connectivity index (χ4v) is 6.51. The van der Waals surface area contributed by atoms with Crippen LogP contribution in [0.15, 0.2) is 24.3 Å². The van der Waals surface area contributed by atoms with Gasteiger partial charge >= 0.3 is 0 Å². The molecule has 0 spiro atoms. The SMILES string of the molecule is CCCCCCCC/C=C\CCCCCCCCOCCN(CCOCCCCCCCC/C=C\CCCCCCCC)CC(C)C(=O)NC. The number of nitrogens with one attached hydrogen (secondary N) is 1. The predicted octanol–water partition coefficient (Wildman–Crippen LogP) is 12.8. The number of unbranched alkanes of at least 4 members (excludes halogenated alkanes) is 24. The maximum absolute atomic E-state index is 12.1. The summed E-state index contributed by atoms with van der Waals surface area (Å²) in [6.07, 6.45) is 46.8. The highest BCUT2D eigenvalue weighted by Gasteiger charge is 2.16. The Bertz CT molecular complexity index is 677. The van der Waals surface area contributed by atoms with Gasteiger partial charge in [0, 0.05) is 45.8 Å². The van der Waals surface area contributed by atoms with Crippen LogP contribution in [0, 0.1) is 5.92 Å². The molecule has 0 aliphatic rings. The van der Waals surface area contributed by atoms with Gasteiger partial charge < -0.3 is 14.8 Å². The van der Waals surface area contributed by atoms with Crippen molar-refractivity contribution >= 4 is 5.91 Å². The van der Waals surface area contributed by atoms with Crippen LogP contribution in [0.5, 0.6) is 0 Å². The van der Waals surface area contributed by atoms with Crippen LogP contribution in [0.4, 0.5) is 0 Å². The van der Waals surface area contributed by atoms with E-state index >= 15 is 0 Å². The number of carbonyl (C=O) groups excluding carboxylic acids is 1. The molecular weight excluding hydrogens is 617 g/mol. The van der Waals surface area contributed by atoms with Gasteiger partial charge in [0.2, 0.25) is 5.91 Å². The lowest BCUT2D eigenvalue weighted by molar-refractivity contribution is -0.124. The quantitative estimate of drug-likeness (QED) is 0.0508. The van der Waals surface area contributed by atoms with Gasteiger partial charge in [-0.1, -0.05) is 161 Å². The average Bonchev–Trinajstić information content (AvgIpc) is 3.12. The van der Waals surface area contributed by atoms with E-state index in [0.29, 0.717) is 0 Å². The van der Waals surface area contributed by atoms with Gasteiger partial charge in [0.05, 0.1) is 13.2 Å². The number of hydrogen-bond acceptors (Lipinski definition) is 4. The van der Waals surface area contributed by atoms with Crippen molar-refractivity contribution in [1.29, 1.82) is 0 Å². The van der Waals surface area contributed by atoms with Crippen LogP contribution >= 0.6 is 0 Å². The molecule has 0 aromatic heterocycles. The molecule has 5 heteroatoms. The van der Waals surface area contributed by atoms with Crippen molar-refractivity contribution in [3.05, 3.63) is 24.3 Å². The molecule has 0 radical (unpaired) electrons. The van der Waals surface area contributed by atoms with Crippen LogP contribution in [0.3, 0.4) is 0 Å². The molecule has 1 unspecified atom stereocenters. The maximum Gasteiger partial charge on any atom is 0.223 e. The molecule has 0 fully saturated rings. The fourth-order valence-electron chi connectivity index (χ4n) is 6.51. The summed E-state index contributed by atoms with van der Waals surface area (Å²) in [5, 5.41) is 2.79. The van der Waals surface area contributed by atoms with Crippen LogP contribution in [0.1, 0.15) is 201 Å². The first-order chi connectivity index (χ1) is 24.7. The lowest BCUT2D eigenvalue weighted by Crippen LogP contribution is -2.39. The second-order valence-electron chi connectivity index (χ2n) is 14.9. The zero-order chi connectivity index (χ0) is 36.4. The fraction of sp³-hybridized carbons (Fsp3) is 0.889. The van der Waals surface area contributed by atoms with Crippen LogP contribution in [0.2, 0.25) is 0 Å². The smallest absolute Gasteiger partial charge is 0.223 e. The van der Waals surface area contributed by atoms with Crippen LogP contribution in [-0.4, -0.2) is 63.9 Å². The van der Waals surface area contributed by atoms with Crippen LogP contribution in [-0.2, 0) is 14.3 Å². The van der Waals surface area contributed by atoms with E-state index in [1.807, 2.05) is 6.92 Å². The average molecular weight is 705 g/mol. The molecule has 0 aromatic carbocycles. The minimum Gasteiger partial charge on any atom is -0.380 e. The number of ether oxygens (including phenoxy) is 2. The summed E-state index contributed by atoms with van der Waals surface area (Å²) < 4.78 is 12.0. The second-order valence-corrected chi connectivity index (χ2v) is 14.9. The summed E-state index contributed by atoms with van der Waals surface area (Å²) in [6.45, 7) is 12.1. The first-order valence-electron chi connectivity index (χ1n) is 22.0. The Morgan fingerprint density at radius 2 is 0.820 bits per heavy atom. The van der Waals surface area contributed by atoms with Gasteiger partial charge in [-0.2, -0.15) is 0 Å². The van der Waals surface area contributed by atoms with Gasteiger partial charge in [0.1, 0.15) is 0 Å². The van der Waals surface area contributed by atoms with E-state index in [1.54, 1.807) is 7.05 Å². The molecule has 0 saturated carbocycles. The number of amides is 1. The van der Waals surface area contributed by atoms with Gasteiger partial charge in [0.25, 0.3) is 0 Å². The summed E-state index contributed by atoms with van der Waals surface area (Å²) in [6, 6.07) is 0. The van der Waals surface area contributed by atoms with Gasteiger partial charge in [-0.25, -0.2) is 0 Å². The Hall–Kier alpha value is -1.17. The third kappa shape index (κ3) is 38.1. The highest BCUT2D eigenvalue weighted by Crippen LogP contribution is 2.12. The molecule has 0 aliphatic heterocycles. The first-order valence-corrected chi connectivity index (χ1v) is 22.0. The van der Waals surface area contributed by atoms with Crippen LogP contribution in [0.25, 0.3) is 0 Å². The second kappa shape index (κ2) is 42.2. The van der Waals surface area contributed by atoms with Crippen LogP contribution < -0.4 is 5.32 Å². The van der Waals surface area contributed by atoms with Gasteiger partial charge in [-0.3, -0.25) is 9.69 Å². The summed E-state index contributed by atoms with van der Waals surface area (Å²) in [5.74, 6) is 0.0665. The Balaban J connectivity index is 3.76. The van der Waals surface area contributed by atoms with E-state index in [0.717, 1.165) is 58.9 Å². The predicted molar refractivity (Wildman–Crippen MR) is 220 cm³/mol. The molecule has 0 aliphatic carbocycles. The Morgan fingerprint density at radius 1 is 0.500 bits per heavy atom. The highest BCUT2D eigenvalue weighted by molar-refractivity contribution is 5.78. The van der Waals surface area contributed by atoms with E-state index in [-0.39, 0.29) is 11.8 Å². The van der Waals surface area contributed by atoms with Crippen molar-refractivity contribution < 1.29 is 14.3 Å². The molecule has 50 heavy (non-hydrogen) atoms. The molecule has 0 heterocycles. The van der Waals surface area contributed by atoms with Crippen molar-refractivity contribution in [3.63, 3.8) is 0 Å². The maximum atomic E-state index is 12.1. The van der Waals surface area contributed by atoms with Crippen molar-refractivity contribution in [3.8, 4) is 0 Å². The molecule has 1 atom stereocenters.